The molecule has 154 valence electrons. The molecule has 0 aliphatic rings. The van der Waals surface area contributed by atoms with Crippen molar-refractivity contribution in [1.82, 2.24) is 9.78 Å². The molecule has 0 atom stereocenters. The lowest BCUT2D eigenvalue weighted by molar-refractivity contribution is -0.114. The molecule has 0 unspecified atom stereocenters. The predicted molar refractivity (Wildman–Crippen MR) is 121 cm³/mol. The predicted octanol–water partition coefficient (Wildman–Crippen LogP) is 4.25. The van der Waals surface area contributed by atoms with Crippen LogP contribution in [-0.4, -0.2) is 21.6 Å². The maximum absolute atomic E-state index is 13.2. The average Bonchev–Trinajstić information content (AvgIpc) is 2.76. The molecule has 1 aromatic heterocycles. The van der Waals surface area contributed by atoms with Crippen LogP contribution < -0.4 is 16.2 Å². The Hall–Kier alpha value is -3.97. The number of nitrogens with one attached hydrogen (secondary N) is 2. The molecule has 4 aromatic rings. The number of hydrogen-bond donors (Lipinski definition) is 2. The summed E-state index contributed by atoms with van der Waals surface area (Å²) in [6, 6.07) is 20.4. The van der Waals surface area contributed by atoms with E-state index in [-0.39, 0.29) is 17.2 Å². The number of carbonyl (C=O) groups excluding carboxylic acids is 2. The number of aromatic nitrogens is 2. The molecule has 7 nitrogen and oxygen atoms in total. The van der Waals surface area contributed by atoms with E-state index in [9.17, 15) is 14.4 Å². The molecule has 4 rings (SSSR count). The van der Waals surface area contributed by atoms with Crippen LogP contribution in [0.3, 0.4) is 0 Å². The van der Waals surface area contributed by atoms with Gasteiger partial charge in [-0.05, 0) is 36.4 Å². The molecule has 2 amide bonds. The van der Waals surface area contributed by atoms with Crippen molar-refractivity contribution in [2.45, 2.75) is 6.92 Å². The molecular weight excluding hydrogens is 416 g/mol. The first-order valence-corrected chi connectivity index (χ1v) is 9.78. The highest BCUT2D eigenvalue weighted by molar-refractivity contribution is 6.34. The van der Waals surface area contributed by atoms with Crippen molar-refractivity contribution >= 4 is 45.6 Å². The molecule has 2 N–H and O–H groups in total. The number of fused-ring (bicyclic) bond motifs is 1. The zero-order chi connectivity index (χ0) is 22.0. The van der Waals surface area contributed by atoms with E-state index in [4.69, 9.17) is 11.6 Å². The zero-order valence-corrected chi connectivity index (χ0v) is 17.2. The molecule has 0 radical (unpaired) electrons. The highest BCUT2D eigenvalue weighted by Crippen LogP contribution is 2.26. The first-order valence-electron chi connectivity index (χ1n) is 9.40. The van der Waals surface area contributed by atoms with E-state index in [0.29, 0.717) is 32.9 Å². The van der Waals surface area contributed by atoms with Crippen LogP contribution >= 0.6 is 11.6 Å². The summed E-state index contributed by atoms with van der Waals surface area (Å²) in [6.45, 7) is 1.38. The summed E-state index contributed by atoms with van der Waals surface area (Å²) in [5, 5.41) is 10.8. The lowest BCUT2D eigenvalue weighted by atomic mass is 10.1. The first-order chi connectivity index (χ1) is 14.9. The van der Waals surface area contributed by atoms with Gasteiger partial charge in [-0.15, -0.1) is 0 Å². The van der Waals surface area contributed by atoms with Gasteiger partial charge in [0.05, 0.1) is 21.8 Å². The second-order valence-corrected chi connectivity index (χ2v) is 7.18. The van der Waals surface area contributed by atoms with Crippen LogP contribution in [0.2, 0.25) is 5.02 Å². The minimum atomic E-state index is -0.539. The normalized spacial score (nSPS) is 10.6. The minimum Gasteiger partial charge on any atom is -0.326 e. The van der Waals surface area contributed by atoms with Crippen LogP contribution in [0.25, 0.3) is 16.5 Å². The van der Waals surface area contributed by atoms with Crippen molar-refractivity contribution in [3.8, 4) is 5.69 Å². The van der Waals surface area contributed by atoms with Crippen LogP contribution in [0, 0.1) is 0 Å². The second kappa shape index (κ2) is 8.41. The molecule has 0 aliphatic carbocycles. The van der Waals surface area contributed by atoms with Crippen LogP contribution in [0.15, 0.2) is 77.6 Å². The van der Waals surface area contributed by atoms with Crippen molar-refractivity contribution in [3.63, 3.8) is 0 Å². The van der Waals surface area contributed by atoms with Gasteiger partial charge in [0.2, 0.25) is 5.91 Å². The fourth-order valence-corrected chi connectivity index (χ4v) is 3.35. The molecule has 0 fully saturated rings. The van der Waals surface area contributed by atoms with E-state index < -0.39 is 5.91 Å². The van der Waals surface area contributed by atoms with Crippen LogP contribution in [0.1, 0.15) is 17.4 Å². The standard InChI is InChI=1S/C23H17ClN4O3/c1-14(29)25-15-11-12-19(24)20(13-15)26-22(30)21-17-9-5-6-10-18(17)23(31)28(27-21)16-7-3-2-4-8-16/h2-13H,1H3,(H,25,29)(H,26,30). The number of benzene rings is 3. The number of carbonyl (C=O) groups is 2. The molecular formula is C23H17ClN4O3. The lowest BCUT2D eigenvalue weighted by Gasteiger charge is -2.13. The van der Waals surface area contributed by atoms with Gasteiger partial charge < -0.3 is 10.6 Å². The first kappa shape index (κ1) is 20.3. The topological polar surface area (TPSA) is 93.1 Å². The second-order valence-electron chi connectivity index (χ2n) is 6.78. The van der Waals surface area contributed by atoms with Crippen molar-refractivity contribution < 1.29 is 9.59 Å². The summed E-state index contributed by atoms with van der Waals surface area (Å²) >= 11 is 6.23. The van der Waals surface area contributed by atoms with Gasteiger partial charge in [0.15, 0.2) is 5.69 Å². The third kappa shape index (κ3) is 4.17. The van der Waals surface area contributed by atoms with Crippen molar-refractivity contribution in [2.75, 3.05) is 10.6 Å². The summed E-state index contributed by atoms with van der Waals surface area (Å²) in [6.07, 6.45) is 0. The molecule has 0 saturated heterocycles. The number of hydrogen-bond acceptors (Lipinski definition) is 4. The zero-order valence-electron chi connectivity index (χ0n) is 16.4. The monoisotopic (exact) mass is 432 g/mol. The molecule has 0 bridgehead atoms. The molecule has 0 spiro atoms. The molecule has 31 heavy (non-hydrogen) atoms. The Kier molecular flexibility index (Phi) is 5.51. The maximum atomic E-state index is 13.2. The number of para-hydroxylation sites is 1. The number of rotatable bonds is 4. The lowest BCUT2D eigenvalue weighted by Crippen LogP contribution is -2.26. The highest BCUT2D eigenvalue weighted by Gasteiger charge is 2.18. The fourth-order valence-electron chi connectivity index (χ4n) is 3.18. The molecule has 8 heteroatoms. The number of halogens is 1. The van der Waals surface area contributed by atoms with E-state index in [0.717, 1.165) is 0 Å². The van der Waals surface area contributed by atoms with Gasteiger partial charge in [-0.1, -0.05) is 48.0 Å². The number of anilines is 2. The van der Waals surface area contributed by atoms with E-state index in [1.54, 1.807) is 66.7 Å². The van der Waals surface area contributed by atoms with Gasteiger partial charge in [-0.25, -0.2) is 0 Å². The van der Waals surface area contributed by atoms with Gasteiger partial charge in [-0.3, -0.25) is 14.4 Å². The Bertz CT molecular complexity index is 1370. The highest BCUT2D eigenvalue weighted by atomic mass is 35.5. The molecule has 0 aliphatic heterocycles. The van der Waals surface area contributed by atoms with Crippen LogP contribution in [0.5, 0.6) is 0 Å². The van der Waals surface area contributed by atoms with E-state index in [1.807, 2.05) is 6.07 Å². The van der Waals surface area contributed by atoms with Crippen LogP contribution in [0.4, 0.5) is 11.4 Å². The SMILES string of the molecule is CC(=O)Nc1ccc(Cl)c(NC(=O)c2nn(-c3ccccc3)c(=O)c3ccccc23)c1. The maximum Gasteiger partial charge on any atom is 0.279 e. The Morgan fingerprint density at radius 2 is 1.58 bits per heavy atom. The molecule has 3 aromatic carbocycles. The third-order valence-corrected chi connectivity index (χ3v) is 4.89. The van der Waals surface area contributed by atoms with Gasteiger partial charge in [0.25, 0.3) is 11.5 Å². The Labute approximate surface area is 182 Å². The van der Waals surface area contributed by atoms with Crippen LogP contribution in [-0.2, 0) is 4.79 Å². The van der Waals surface area contributed by atoms with E-state index in [2.05, 4.69) is 15.7 Å². The minimum absolute atomic E-state index is 0.0695. The summed E-state index contributed by atoms with van der Waals surface area (Å²) in [4.78, 5) is 37.5. The smallest absolute Gasteiger partial charge is 0.279 e. The summed E-state index contributed by atoms with van der Waals surface area (Å²) < 4.78 is 1.20. The number of nitrogens with zero attached hydrogens (tertiary/aromatic N) is 2. The molecule has 1 heterocycles. The summed E-state index contributed by atoms with van der Waals surface area (Å²) in [5.74, 6) is -0.787. The molecule has 0 saturated carbocycles. The van der Waals surface area contributed by atoms with E-state index in [1.165, 1.54) is 11.6 Å². The van der Waals surface area contributed by atoms with Crippen molar-refractivity contribution in [2.24, 2.45) is 0 Å². The Morgan fingerprint density at radius 1 is 0.903 bits per heavy atom. The van der Waals surface area contributed by atoms with Gasteiger partial charge in [0, 0.05) is 18.0 Å². The van der Waals surface area contributed by atoms with E-state index >= 15 is 0 Å². The average molecular weight is 433 g/mol. The Morgan fingerprint density at radius 3 is 2.29 bits per heavy atom. The van der Waals surface area contributed by atoms with Crippen molar-refractivity contribution in [1.29, 1.82) is 0 Å². The largest absolute Gasteiger partial charge is 0.326 e. The fraction of sp³-hybridized carbons (Fsp3) is 0.0435. The van der Waals surface area contributed by atoms with Crippen molar-refractivity contribution in [3.05, 3.63) is 93.9 Å². The Balaban J connectivity index is 1.81. The van der Waals surface area contributed by atoms with Gasteiger partial charge in [-0.2, -0.15) is 9.78 Å². The quantitative estimate of drug-likeness (QED) is 0.504. The van der Waals surface area contributed by atoms with Gasteiger partial charge in [0.1, 0.15) is 0 Å². The third-order valence-electron chi connectivity index (χ3n) is 4.56. The summed E-state index contributed by atoms with van der Waals surface area (Å²) in [5.41, 5.74) is 1.07. The summed E-state index contributed by atoms with van der Waals surface area (Å²) in [7, 11) is 0. The van der Waals surface area contributed by atoms with Gasteiger partial charge >= 0.3 is 0 Å². The number of amides is 2.